The molecular weight excluding hydrogens is 222 g/mol. The van der Waals surface area contributed by atoms with Gasteiger partial charge < -0.3 is 10.4 Å². The molecule has 1 aliphatic carbocycles. The maximum Gasteiger partial charge on any atom is 0.0584 e. The van der Waals surface area contributed by atoms with Gasteiger partial charge in [-0.2, -0.15) is 0 Å². The number of aliphatic hydroxyl groups excluding tert-OH is 1. The van der Waals surface area contributed by atoms with Crippen LogP contribution in [0.2, 0.25) is 0 Å². The van der Waals surface area contributed by atoms with Gasteiger partial charge in [0.25, 0.3) is 0 Å². The average molecular weight is 247 g/mol. The van der Waals surface area contributed by atoms with Crippen LogP contribution in [0.4, 0.5) is 0 Å². The fraction of sp³-hybridized carbons (Fsp3) is 0.625. The molecule has 0 saturated heterocycles. The second-order valence-electron chi connectivity index (χ2n) is 5.49. The second kappa shape index (κ2) is 7.55. The zero-order valence-corrected chi connectivity index (χ0v) is 11.1. The number of aliphatic hydroxyl groups is 1. The molecule has 0 aromatic heterocycles. The average Bonchev–Trinajstić information content (AvgIpc) is 2.45. The van der Waals surface area contributed by atoms with Crippen molar-refractivity contribution in [3.05, 3.63) is 35.9 Å². The van der Waals surface area contributed by atoms with Gasteiger partial charge in [-0.05, 0) is 17.9 Å². The van der Waals surface area contributed by atoms with Gasteiger partial charge in [-0.3, -0.25) is 0 Å². The first-order valence-corrected chi connectivity index (χ1v) is 7.26. The van der Waals surface area contributed by atoms with Crippen LogP contribution in [0, 0.1) is 5.92 Å². The molecule has 0 bridgehead atoms. The minimum absolute atomic E-state index is 0.253. The van der Waals surface area contributed by atoms with Crippen LogP contribution in [0.15, 0.2) is 30.3 Å². The SMILES string of the molecule is OCC(CC1CCCCC1)NCc1ccccc1. The first-order valence-electron chi connectivity index (χ1n) is 7.26. The van der Waals surface area contributed by atoms with Crippen molar-refractivity contribution in [2.45, 2.75) is 51.1 Å². The lowest BCUT2D eigenvalue weighted by atomic mass is 9.85. The van der Waals surface area contributed by atoms with Crippen molar-refractivity contribution in [3.8, 4) is 0 Å². The van der Waals surface area contributed by atoms with E-state index in [1.54, 1.807) is 0 Å². The summed E-state index contributed by atoms with van der Waals surface area (Å²) in [6.07, 6.45) is 7.98. The van der Waals surface area contributed by atoms with E-state index in [1.807, 2.05) is 6.07 Å². The van der Waals surface area contributed by atoms with Crippen molar-refractivity contribution in [2.24, 2.45) is 5.92 Å². The van der Waals surface area contributed by atoms with Gasteiger partial charge in [-0.1, -0.05) is 62.4 Å². The molecule has 2 heteroatoms. The number of hydrogen-bond donors (Lipinski definition) is 2. The third-order valence-corrected chi connectivity index (χ3v) is 4.00. The molecule has 0 heterocycles. The predicted octanol–water partition coefficient (Wildman–Crippen LogP) is 3.11. The highest BCUT2D eigenvalue weighted by Crippen LogP contribution is 2.27. The highest BCUT2D eigenvalue weighted by molar-refractivity contribution is 5.14. The van der Waals surface area contributed by atoms with Crippen LogP contribution in [0.1, 0.15) is 44.1 Å². The third kappa shape index (κ3) is 4.43. The van der Waals surface area contributed by atoms with Crippen molar-refractivity contribution in [3.63, 3.8) is 0 Å². The maximum atomic E-state index is 9.47. The van der Waals surface area contributed by atoms with Gasteiger partial charge in [-0.15, -0.1) is 0 Å². The minimum Gasteiger partial charge on any atom is -0.395 e. The minimum atomic E-state index is 0.253. The van der Waals surface area contributed by atoms with E-state index in [9.17, 15) is 5.11 Å². The molecule has 18 heavy (non-hydrogen) atoms. The quantitative estimate of drug-likeness (QED) is 0.809. The Bertz CT molecular complexity index is 319. The Morgan fingerprint density at radius 3 is 2.50 bits per heavy atom. The summed E-state index contributed by atoms with van der Waals surface area (Å²) in [7, 11) is 0. The Hall–Kier alpha value is -0.860. The molecule has 1 fully saturated rings. The first kappa shape index (κ1) is 13.6. The smallest absolute Gasteiger partial charge is 0.0584 e. The van der Waals surface area contributed by atoms with E-state index in [2.05, 4.69) is 29.6 Å². The molecule has 0 aliphatic heterocycles. The summed E-state index contributed by atoms with van der Waals surface area (Å²) in [4.78, 5) is 0. The fourth-order valence-corrected chi connectivity index (χ4v) is 2.91. The molecule has 2 rings (SSSR count). The van der Waals surface area contributed by atoms with Crippen molar-refractivity contribution in [1.29, 1.82) is 0 Å². The molecule has 2 N–H and O–H groups in total. The topological polar surface area (TPSA) is 32.3 Å². The van der Waals surface area contributed by atoms with E-state index >= 15 is 0 Å². The summed E-state index contributed by atoms with van der Waals surface area (Å²) in [5, 5.41) is 13.0. The molecule has 0 radical (unpaired) electrons. The molecule has 1 unspecified atom stereocenters. The van der Waals surface area contributed by atoms with Gasteiger partial charge in [0.1, 0.15) is 0 Å². The number of nitrogens with one attached hydrogen (secondary N) is 1. The standard InChI is InChI=1S/C16H25NO/c18-13-16(11-14-7-3-1-4-8-14)17-12-15-9-5-2-6-10-15/h2,5-6,9-10,14,16-18H,1,3-4,7-8,11-13H2. The lowest BCUT2D eigenvalue weighted by molar-refractivity contribution is 0.203. The normalized spacial score (nSPS) is 18.7. The van der Waals surface area contributed by atoms with Gasteiger partial charge in [0, 0.05) is 12.6 Å². The van der Waals surface area contributed by atoms with Gasteiger partial charge in [0.05, 0.1) is 6.61 Å². The Balaban J connectivity index is 1.74. The number of hydrogen-bond acceptors (Lipinski definition) is 2. The summed E-state index contributed by atoms with van der Waals surface area (Å²) in [6.45, 7) is 1.11. The Kier molecular flexibility index (Phi) is 5.69. The van der Waals surface area contributed by atoms with E-state index in [0.29, 0.717) is 0 Å². The van der Waals surface area contributed by atoms with E-state index < -0.39 is 0 Å². The highest BCUT2D eigenvalue weighted by Gasteiger charge is 2.18. The monoisotopic (exact) mass is 247 g/mol. The molecule has 2 nitrogen and oxygen atoms in total. The maximum absolute atomic E-state index is 9.47. The summed E-state index contributed by atoms with van der Waals surface area (Å²) >= 11 is 0. The second-order valence-corrected chi connectivity index (χ2v) is 5.49. The summed E-state index contributed by atoms with van der Waals surface area (Å²) in [6, 6.07) is 10.7. The Morgan fingerprint density at radius 1 is 1.11 bits per heavy atom. The van der Waals surface area contributed by atoms with E-state index in [4.69, 9.17) is 0 Å². The van der Waals surface area contributed by atoms with Crippen molar-refractivity contribution >= 4 is 0 Å². The van der Waals surface area contributed by atoms with Crippen LogP contribution in [0.3, 0.4) is 0 Å². The zero-order valence-electron chi connectivity index (χ0n) is 11.1. The van der Waals surface area contributed by atoms with Gasteiger partial charge >= 0.3 is 0 Å². The van der Waals surface area contributed by atoms with Crippen LogP contribution in [-0.4, -0.2) is 17.8 Å². The van der Waals surface area contributed by atoms with E-state index in [1.165, 1.54) is 37.7 Å². The van der Waals surface area contributed by atoms with Crippen molar-refractivity contribution < 1.29 is 5.11 Å². The highest BCUT2D eigenvalue weighted by atomic mass is 16.3. The Morgan fingerprint density at radius 2 is 1.83 bits per heavy atom. The summed E-state index contributed by atoms with van der Waals surface area (Å²) < 4.78 is 0. The lowest BCUT2D eigenvalue weighted by Gasteiger charge is -2.26. The lowest BCUT2D eigenvalue weighted by Crippen LogP contribution is -2.34. The van der Waals surface area contributed by atoms with E-state index in [-0.39, 0.29) is 12.6 Å². The van der Waals surface area contributed by atoms with E-state index in [0.717, 1.165) is 18.9 Å². The molecule has 1 atom stereocenters. The molecule has 1 aromatic rings. The van der Waals surface area contributed by atoms with Crippen LogP contribution in [0.25, 0.3) is 0 Å². The van der Waals surface area contributed by atoms with Crippen LogP contribution < -0.4 is 5.32 Å². The largest absolute Gasteiger partial charge is 0.395 e. The fourth-order valence-electron chi connectivity index (χ4n) is 2.91. The Labute approximate surface area is 110 Å². The zero-order chi connectivity index (χ0) is 12.6. The number of rotatable bonds is 6. The van der Waals surface area contributed by atoms with Crippen LogP contribution >= 0.6 is 0 Å². The van der Waals surface area contributed by atoms with Gasteiger partial charge in [0.2, 0.25) is 0 Å². The third-order valence-electron chi connectivity index (χ3n) is 4.00. The van der Waals surface area contributed by atoms with Gasteiger partial charge in [-0.25, -0.2) is 0 Å². The molecule has 0 amide bonds. The summed E-state index contributed by atoms with van der Waals surface area (Å²) in [5.74, 6) is 0.819. The molecular formula is C16H25NO. The van der Waals surface area contributed by atoms with Gasteiger partial charge in [0.15, 0.2) is 0 Å². The van der Waals surface area contributed by atoms with Crippen LogP contribution in [-0.2, 0) is 6.54 Å². The molecule has 0 spiro atoms. The summed E-state index contributed by atoms with van der Waals surface area (Å²) in [5.41, 5.74) is 1.29. The molecule has 1 saturated carbocycles. The predicted molar refractivity (Wildman–Crippen MR) is 75.3 cm³/mol. The molecule has 1 aromatic carbocycles. The van der Waals surface area contributed by atoms with Crippen molar-refractivity contribution in [2.75, 3.05) is 6.61 Å². The first-order chi connectivity index (χ1) is 8.88. The number of benzene rings is 1. The van der Waals surface area contributed by atoms with Crippen molar-refractivity contribution in [1.82, 2.24) is 5.32 Å². The molecule has 1 aliphatic rings. The van der Waals surface area contributed by atoms with Crippen LogP contribution in [0.5, 0.6) is 0 Å². The molecule has 100 valence electrons.